The Labute approximate surface area is 167 Å². The van der Waals surface area contributed by atoms with Gasteiger partial charge >= 0.3 is 0 Å². The highest BCUT2D eigenvalue weighted by Gasteiger charge is 2.27. The number of aromatic nitrogens is 2. The van der Waals surface area contributed by atoms with E-state index in [0.29, 0.717) is 18.8 Å². The highest BCUT2D eigenvalue weighted by molar-refractivity contribution is 7.89. The van der Waals surface area contributed by atoms with Gasteiger partial charge in [-0.05, 0) is 31.0 Å². The van der Waals surface area contributed by atoms with E-state index in [4.69, 9.17) is 0 Å². The van der Waals surface area contributed by atoms with Crippen LogP contribution in [0, 0.1) is 0 Å². The maximum Gasteiger partial charge on any atom is 0.250 e. The first-order valence-corrected chi connectivity index (χ1v) is 11.3. The Balaban J connectivity index is 1.54. The lowest BCUT2D eigenvalue weighted by molar-refractivity contribution is 0.476. The van der Waals surface area contributed by atoms with Crippen molar-refractivity contribution in [3.05, 3.63) is 70.1 Å². The van der Waals surface area contributed by atoms with Crippen LogP contribution >= 0.6 is 11.3 Å². The van der Waals surface area contributed by atoms with Crippen LogP contribution in [0.5, 0.6) is 0 Å². The van der Waals surface area contributed by atoms with Crippen LogP contribution in [0.25, 0.3) is 0 Å². The van der Waals surface area contributed by atoms with Gasteiger partial charge in [-0.15, -0.1) is 11.3 Å². The standard InChI is InChI=1S/C19H20N4O3S2/c24-18-9-8-17(28(25,26)23-10-4-5-11-23)13-22(18)12-16-14-27-19(21-16)20-15-6-2-1-3-7-15/h1-3,6-9,13-14H,4-5,10-12H2,(H,20,21). The van der Waals surface area contributed by atoms with E-state index in [2.05, 4.69) is 10.3 Å². The molecule has 146 valence electrons. The fraction of sp³-hybridized carbons (Fsp3) is 0.263. The molecule has 1 aromatic carbocycles. The van der Waals surface area contributed by atoms with Gasteiger partial charge in [0.25, 0.3) is 5.56 Å². The van der Waals surface area contributed by atoms with Crippen molar-refractivity contribution in [1.29, 1.82) is 0 Å². The molecule has 0 saturated carbocycles. The number of para-hydroxylation sites is 1. The summed E-state index contributed by atoms with van der Waals surface area (Å²) >= 11 is 1.44. The molecular weight excluding hydrogens is 396 g/mol. The van der Waals surface area contributed by atoms with Gasteiger partial charge in [0.05, 0.1) is 17.1 Å². The Morgan fingerprint density at radius 2 is 1.82 bits per heavy atom. The molecule has 0 radical (unpaired) electrons. The van der Waals surface area contributed by atoms with Crippen molar-refractivity contribution in [2.45, 2.75) is 24.3 Å². The molecule has 1 fully saturated rings. The molecule has 0 bridgehead atoms. The second-order valence-electron chi connectivity index (χ2n) is 6.58. The summed E-state index contributed by atoms with van der Waals surface area (Å²) in [6, 6.07) is 12.4. The van der Waals surface area contributed by atoms with Crippen LogP contribution in [0.15, 0.2) is 63.7 Å². The Kier molecular flexibility index (Phi) is 5.29. The number of thiazole rings is 1. The number of nitrogens with zero attached hydrogens (tertiary/aromatic N) is 3. The smallest absolute Gasteiger partial charge is 0.250 e. The van der Waals surface area contributed by atoms with Gasteiger partial charge in [-0.25, -0.2) is 13.4 Å². The van der Waals surface area contributed by atoms with Crippen LogP contribution in [0.3, 0.4) is 0 Å². The highest BCUT2D eigenvalue weighted by atomic mass is 32.2. The van der Waals surface area contributed by atoms with Gasteiger partial charge in [0.15, 0.2) is 5.13 Å². The molecule has 1 aliphatic rings. The Hall–Kier alpha value is -2.49. The van der Waals surface area contributed by atoms with E-state index < -0.39 is 10.0 Å². The van der Waals surface area contributed by atoms with Crippen molar-refractivity contribution in [1.82, 2.24) is 13.9 Å². The SMILES string of the molecule is O=c1ccc(S(=O)(=O)N2CCCC2)cn1Cc1csc(Nc2ccccc2)n1. The summed E-state index contributed by atoms with van der Waals surface area (Å²) in [7, 11) is -3.56. The van der Waals surface area contributed by atoms with Gasteiger partial charge < -0.3 is 9.88 Å². The topological polar surface area (TPSA) is 84.3 Å². The summed E-state index contributed by atoms with van der Waals surface area (Å²) in [6.45, 7) is 1.28. The molecular formula is C19H20N4O3S2. The van der Waals surface area contributed by atoms with E-state index in [1.807, 2.05) is 35.7 Å². The number of nitrogens with one attached hydrogen (secondary N) is 1. The van der Waals surface area contributed by atoms with E-state index in [-0.39, 0.29) is 17.0 Å². The molecule has 0 spiro atoms. The predicted octanol–water partition coefficient (Wildman–Crippen LogP) is 2.88. The van der Waals surface area contributed by atoms with E-state index in [1.54, 1.807) is 0 Å². The fourth-order valence-electron chi connectivity index (χ4n) is 3.12. The summed E-state index contributed by atoms with van der Waals surface area (Å²) in [5.41, 5.74) is 1.37. The lowest BCUT2D eigenvalue weighted by Gasteiger charge is -2.16. The van der Waals surface area contributed by atoms with Crippen molar-refractivity contribution >= 4 is 32.2 Å². The molecule has 3 heterocycles. The quantitative estimate of drug-likeness (QED) is 0.668. The average Bonchev–Trinajstić information content (AvgIpc) is 3.37. The molecule has 1 aliphatic heterocycles. The summed E-state index contributed by atoms with van der Waals surface area (Å²) in [5.74, 6) is 0. The molecule has 1 saturated heterocycles. The Morgan fingerprint density at radius 1 is 1.07 bits per heavy atom. The second kappa shape index (κ2) is 7.86. The zero-order chi connectivity index (χ0) is 19.6. The molecule has 2 aromatic heterocycles. The van der Waals surface area contributed by atoms with Gasteiger partial charge in [-0.2, -0.15) is 4.31 Å². The number of rotatable bonds is 6. The van der Waals surface area contributed by atoms with Gasteiger partial charge in [0.1, 0.15) is 0 Å². The van der Waals surface area contributed by atoms with Gasteiger partial charge in [0.2, 0.25) is 10.0 Å². The minimum Gasteiger partial charge on any atom is -0.332 e. The molecule has 0 aliphatic carbocycles. The molecule has 7 nitrogen and oxygen atoms in total. The summed E-state index contributed by atoms with van der Waals surface area (Å²) in [4.78, 5) is 16.9. The first kappa shape index (κ1) is 18.9. The predicted molar refractivity (Wildman–Crippen MR) is 110 cm³/mol. The number of anilines is 2. The third-order valence-electron chi connectivity index (χ3n) is 4.57. The Morgan fingerprint density at radius 3 is 2.57 bits per heavy atom. The third-order valence-corrected chi connectivity index (χ3v) is 7.26. The molecule has 0 unspecified atom stereocenters. The van der Waals surface area contributed by atoms with Crippen LogP contribution in [0.4, 0.5) is 10.8 Å². The van der Waals surface area contributed by atoms with Crippen molar-refractivity contribution in [2.24, 2.45) is 0 Å². The minimum atomic E-state index is -3.56. The van der Waals surface area contributed by atoms with Gasteiger partial charge in [-0.3, -0.25) is 4.79 Å². The maximum absolute atomic E-state index is 12.7. The van der Waals surface area contributed by atoms with Crippen LogP contribution in [0.1, 0.15) is 18.5 Å². The zero-order valence-corrected chi connectivity index (χ0v) is 16.7. The van der Waals surface area contributed by atoms with Crippen molar-refractivity contribution in [3.63, 3.8) is 0 Å². The first-order chi connectivity index (χ1) is 13.5. The van der Waals surface area contributed by atoms with Crippen LogP contribution in [-0.4, -0.2) is 35.4 Å². The number of hydrogen-bond donors (Lipinski definition) is 1. The van der Waals surface area contributed by atoms with E-state index in [0.717, 1.165) is 23.7 Å². The van der Waals surface area contributed by atoms with E-state index in [1.165, 1.54) is 38.5 Å². The fourth-order valence-corrected chi connectivity index (χ4v) is 5.38. The number of sulfonamides is 1. The lowest BCUT2D eigenvalue weighted by atomic mass is 10.3. The van der Waals surface area contributed by atoms with Crippen LogP contribution < -0.4 is 10.9 Å². The summed E-state index contributed by atoms with van der Waals surface area (Å²) in [5, 5.41) is 5.79. The third kappa shape index (κ3) is 4.01. The number of pyridine rings is 1. The molecule has 9 heteroatoms. The van der Waals surface area contributed by atoms with Gasteiger partial charge in [-0.1, -0.05) is 18.2 Å². The van der Waals surface area contributed by atoms with E-state index in [9.17, 15) is 13.2 Å². The van der Waals surface area contributed by atoms with Crippen molar-refractivity contribution in [3.8, 4) is 0 Å². The van der Waals surface area contributed by atoms with Crippen LogP contribution in [-0.2, 0) is 16.6 Å². The summed E-state index contributed by atoms with van der Waals surface area (Å²) < 4.78 is 28.4. The van der Waals surface area contributed by atoms with Gasteiger partial charge in [0, 0.05) is 36.4 Å². The molecule has 0 atom stereocenters. The highest BCUT2D eigenvalue weighted by Crippen LogP contribution is 2.22. The molecule has 0 amide bonds. The monoisotopic (exact) mass is 416 g/mol. The minimum absolute atomic E-state index is 0.145. The molecule has 3 aromatic rings. The Bertz CT molecular complexity index is 1120. The van der Waals surface area contributed by atoms with Crippen molar-refractivity contribution < 1.29 is 8.42 Å². The number of benzene rings is 1. The van der Waals surface area contributed by atoms with E-state index >= 15 is 0 Å². The normalized spacial score (nSPS) is 15.0. The molecule has 1 N–H and O–H groups in total. The first-order valence-electron chi connectivity index (χ1n) is 8.99. The molecule has 28 heavy (non-hydrogen) atoms. The molecule has 4 rings (SSSR count). The van der Waals surface area contributed by atoms with Crippen LogP contribution in [0.2, 0.25) is 0 Å². The maximum atomic E-state index is 12.7. The zero-order valence-electron chi connectivity index (χ0n) is 15.1. The number of hydrogen-bond acceptors (Lipinski definition) is 6. The largest absolute Gasteiger partial charge is 0.332 e. The van der Waals surface area contributed by atoms with Crippen molar-refractivity contribution in [2.75, 3.05) is 18.4 Å². The second-order valence-corrected chi connectivity index (χ2v) is 9.37. The summed E-state index contributed by atoms with van der Waals surface area (Å²) in [6.07, 6.45) is 3.16. The average molecular weight is 417 g/mol. The lowest BCUT2D eigenvalue weighted by Crippen LogP contribution is -2.29.